The Kier molecular flexibility index (Phi) is 8.36. The molecule has 136 valence electrons. The minimum absolute atomic E-state index is 0.00710. The first-order valence-electron chi connectivity index (χ1n) is 6.90. The molecule has 0 aliphatic rings. The third-order valence-electron chi connectivity index (χ3n) is 2.77. The van der Waals surface area contributed by atoms with Gasteiger partial charge in [0.15, 0.2) is 0 Å². The maximum Gasteiger partial charge on any atom is 0.375 e. The highest BCUT2D eigenvalue weighted by Crippen LogP contribution is 2.09. The lowest BCUT2D eigenvalue weighted by Gasteiger charge is -2.07. The molecule has 0 aliphatic carbocycles. The molecule has 0 fully saturated rings. The van der Waals surface area contributed by atoms with Crippen LogP contribution in [0.1, 0.15) is 11.1 Å². The third-order valence-corrected chi connectivity index (χ3v) is 3.83. The fraction of sp³-hybridized carbons (Fsp3) is 0.357. The highest BCUT2D eigenvalue weighted by molar-refractivity contribution is 8.00. The van der Waals surface area contributed by atoms with Gasteiger partial charge in [-0.25, -0.2) is 4.79 Å². The van der Waals surface area contributed by atoms with Crippen LogP contribution in [0.4, 0.5) is 0 Å². The summed E-state index contributed by atoms with van der Waals surface area (Å²) in [5.41, 5.74) is 6.31. The van der Waals surface area contributed by atoms with E-state index in [2.05, 4.69) is 4.84 Å². The highest BCUT2D eigenvalue weighted by atomic mass is 32.2. The number of ether oxygens (including phenoxy) is 1. The summed E-state index contributed by atoms with van der Waals surface area (Å²) < 4.78 is 4.85. The zero-order valence-electron chi connectivity index (χ0n) is 13.0. The van der Waals surface area contributed by atoms with Crippen LogP contribution < -0.4 is 5.73 Å². The van der Waals surface area contributed by atoms with E-state index in [1.807, 2.05) is 0 Å². The lowest BCUT2D eigenvalue weighted by Crippen LogP contribution is -2.33. The second kappa shape index (κ2) is 10.3. The molecule has 0 saturated heterocycles. The fourth-order valence-corrected chi connectivity index (χ4v) is 2.39. The van der Waals surface area contributed by atoms with Crippen molar-refractivity contribution in [2.45, 2.75) is 19.3 Å². The van der Waals surface area contributed by atoms with Crippen molar-refractivity contribution < 1.29 is 34.2 Å². The van der Waals surface area contributed by atoms with E-state index >= 15 is 0 Å². The van der Waals surface area contributed by atoms with Crippen LogP contribution in [0.3, 0.4) is 0 Å². The fourth-order valence-electron chi connectivity index (χ4n) is 1.57. The Morgan fingerprint density at radius 2 is 1.92 bits per heavy atom. The monoisotopic (exact) mass is 372 g/mol. The van der Waals surface area contributed by atoms with Gasteiger partial charge >= 0.3 is 11.9 Å². The molecule has 0 bridgehead atoms. The van der Waals surface area contributed by atoms with Crippen LogP contribution in [0, 0.1) is 10.1 Å². The number of carboxylic acid groups (broad SMARTS) is 1. The quantitative estimate of drug-likeness (QED) is 0.237. The molecule has 0 unspecified atom stereocenters. The van der Waals surface area contributed by atoms with Crippen LogP contribution in [0.25, 0.3) is 0 Å². The summed E-state index contributed by atoms with van der Waals surface area (Å²) in [4.78, 5) is 48.1. The Morgan fingerprint density at radius 3 is 2.52 bits per heavy atom. The maximum atomic E-state index is 11.6. The predicted octanol–water partition coefficient (Wildman–Crippen LogP) is 0.152. The molecule has 11 heteroatoms. The van der Waals surface area contributed by atoms with Crippen molar-refractivity contribution in [2.75, 3.05) is 11.5 Å². The van der Waals surface area contributed by atoms with E-state index in [-0.39, 0.29) is 24.7 Å². The molecule has 25 heavy (non-hydrogen) atoms. The van der Waals surface area contributed by atoms with Gasteiger partial charge in [-0.05, 0) is 11.1 Å². The van der Waals surface area contributed by atoms with Gasteiger partial charge in [-0.2, -0.15) is 11.8 Å². The second-order valence-electron chi connectivity index (χ2n) is 4.78. The highest BCUT2D eigenvalue weighted by Gasteiger charge is 2.18. The first-order chi connectivity index (χ1) is 11.8. The van der Waals surface area contributed by atoms with Gasteiger partial charge in [-0.15, -0.1) is 10.1 Å². The van der Waals surface area contributed by atoms with Crippen LogP contribution in [0.5, 0.6) is 0 Å². The molecule has 0 radical (unpaired) electrons. The molecule has 10 nitrogen and oxygen atoms in total. The Labute approximate surface area is 146 Å². The molecule has 0 heterocycles. The molecule has 1 atom stereocenters. The first kappa shape index (κ1) is 20.4. The number of nitrogens with zero attached hydrogens (tertiary/aromatic N) is 1. The van der Waals surface area contributed by atoms with Crippen molar-refractivity contribution >= 4 is 29.5 Å². The Balaban J connectivity index is 2.40. The number of benzene rings is 1. The lowest BCUT2D eigenvalue weighted by molar-refractivity contribution is -0.763. The maximum absolute atomic E-state index is 11.6. The predicted molar refractivity (Wildman–Crippen MR) is 86.0 cm³/mol. The standard InChI is InChI=1S/C14H16N2O8S/c15-11(13(18)19)7-25-8-12(17)14(20)23-5-9-2-1-3-10(4-9)6-24-16(21)22/h1-4,11H,5-8,15H2,(H,18,19)/t11-/m0/s1. The largest absolute Gasteiger partial charge is 0.480 e. The van der Waals surface area contributed by atoms with Gasteiger partial charge in [0.25, 0.3) is 5.09 Å². The molecule has 1 aromatic rings. The second-order valence-corrected chi connectivity index (χ2v) is 5.81. The molecule has 0 aromatic heterocycles. The smallest absolute Gasteiger partial charge is 0.375 e. The average Bonchev–Trinajstić information content (AvgIpc) is 2.57. The van der Waals surface area contributed by atoms with Crippen LogP contribution in [0.2, 0.25) is 0 Å². The van der Waals surface area contributed by atoms with Gasteiger partial charge in [-0.3, -0.25) is 9.59 Å². The number of ketones is 1. The summed E-state index contributed by atoms with van der Waals surface area (Å²) in [7, 11) is 0. The number of carbonyl (C=O) groups is 3. The van der Waals surface area contributed by atoms with Crippen LogP contribution in [0.15, 0.2) is 24.3 Å². The zero-order chi connectivity index (χ0) is 18.8. The average molecular weight is 372 g/mol. The molecule has 1 aromatic carbocycles. The summed E-state index contributed by atoms with van der Waals surface area (Å²) in [5, 5.41) is 17.8. The number of rotatable bonds is 11. The van der Waals surface area contributed by atoms with Gasteiger partial charge in [0.1, 0.15) is 19.3 Å². The van der Waals surface area contributed by atoms with Gasteiger partial charge in [0.05, 0.1) is 5.75 Å². The number of nitrogens with two attached hydrogens (primary N) is 1. The first-order valence-corrected chi connectivity index (χ1v) is 8.06. The Morgan fingerprint density at radius 1 is 1.28 bits per heavy atom. The van der Waals surface area contributed by atoms with Crippen LogP contribution in [-0.2, 0) is 37.2 Å². The van der Waals surface area contributed by atoms with Crippen molar-refractivity contribution in [3.05, 3.63) is 45.5 Å². The van der Waals surface area contributed by atoms with E-state index in [0.717, 1.165) is 11.8 Å². The Bertz CT molecular complexity index is 651. The molecule has 0 amide bonds. The Hall–Kier alpha value is -2.66. The van der Waals surface area contributed by atoms with Crippen molar-refractivity contribution in [1.29, 1.82) is 0 Å². The third kappa shape index (κ3) is 8.13. The summed E-state index contributed by atoms with van der Waals surface area (Å²) >= 11 is 0.923. The number of Topliss-reactive ketones (excluding diaryl/α,β-unsaturated/α-hetero) is 1. The van der Waals surface area contributed by atoms with E-state index in [9.17, 15) is 24.5 Å². The molecule has 0 spiro atoms. The van der Waals surface area contributed by atoms with E-state index < -0.39 is 28.9 Å². The molecular formula is C14H16N2O8S. The van der Waals surface area contributed by atoms with Gasteiger partial charge in [0, 0.05) is 5.75 Å². The number of carboxylic acids is 1. The molecular weight excluding hydrogens is 356 g/mol. The zero-order valence-corrected chi connectivity index (χ0v) is 13.8. The summed E-state index contributed by atoms with van der Waals surface area (Å²) in [5.74, 6) is -3.30. The van der Waals surface area contributed by atoms with Crippen molar-refractivity contribution in [1.82, 2.24) is 0 Å². The lowest BCUT2D eigenvalue weighted by atomic mass is 10.1. The number of hydrogen-bond donors (Lipinski definition) is 2. The summed E-state index contributed by atoms with van der Waals surface area (Å²) in [6.07, 6.45) is 0. The number of aliphatic carboxylic acids is 1. The van der Waals surface area contributed by atoms with Gasteiger partial charge in [-0.1, -0.05) is 24.3 Å². The number of carbonyl (C=O) groups excluding carboxylic acids is 2. The van der Waals surface area contributed by atoms with Crippen LogP contribution in [-0.4, -0.2) is 45.5 Å². The summed E-state index contributed by atoms with van der Waals surface area (Å²) in [6.45, 7) is -0.426. The normalized spacial score (nSPS) is 11.4. The van der Waals surface area contributed by atoms with Crippen molar-refractivity contribution in [3.63, 3.8) is 0 Å². The van der Waals surface area contributed by atoms with Gasteiger partial charge in [0.2, 0.25) is 5.78 Å². The van der Waals surface area contributed by atoms with E-state index in [1.54, 1.807) is 24.3 Å². The van der Waals surface area contributed by atoms with Crippen LogP contribution >= 0.6 is 11.8 Å². The number of hydrogen-bond acceptors (Lipinski definition) is 9. The number of thioether (sulfide) groups is 1. The molecule has 1 rings (SSSR count). The number of esters is 1. The van der Waals surface area contributed by atoms with E-state index in [0.29, 0.717) is 11.1 Å². The van der Waals surface area contributed by atoms with Crippen molar-refractivity contribution in [3.8, 4) is 0 Å². The summed E-state index contributed by atoms with van der Waals surface area (Å²) in [6, 6.07) is 5.25. The minimum atomic E-state index is -1.19. The SMILES string of the molecule is N[C@@H](CSCC(=O)C(=O)OCc1cccc(CO[N+](=O)[O-])c1)C(=O)O. The van der Waals surface area contributed by atoms with E-state index in [1.165, 1.54) is 0 Å². The van der Waals surface area contributed by atoms with E-state index in [4.69, 9.17) is 15.6 Å². The minimum Gasteiger partial charge on any atom is -0.480 e. The molecule has 0 aliphatic heterocycles. The van der Waals surface area contributed by atoms with Gasteiger partial charge < -0.3 is 20.4 Å². The van der Waals surface area contributed by atoms with Crippen molar-refractivity contribution in [2.24, 2.45) is 5.73 Å². The molecule has 3 N–H and O–H groups in total. The molecule has 0 saturated carbocycles. The topological polar surface area (TPSA) is 159 Å².